The van der Waals surface area contributed by atoms with Crippen LogP contribution >= 0.6 is 11.8 Å². The van der Waals surface area contributed by atoms with Crippen LogP contribution < -0.4 is 9.47 Å². The van der Waals surface area contributed by atoms with Crippen LogP contribution in [0.1, 0.15) is 15.9 Å². The third kappa shape index (κ3) is 3.79. The van der Waals surface area contributed by atoms with E-state index in [1.54, 1.807) is 18.2 Å². The van der Waals surface area contributed by atoms with Crippen LogP contribution in [0.15, 0.2) is 53.5 Å². The quantitative estimate of drug-likeness (QED) is 0.716. The van der Waals surface area contributed by atoms with Crippen molar-refractivity contribution in [2.24, 2.45) is 4.99 Å². The third-order valence-electron chi connectivity index (χ3n) is 5.48. The van der Waals surface area contributed by atoms with E-state index in [2.05, 4.69) is 4.99 Å². The third-order valence-corrected chi connectivity index (χ3v) is 8.72. The summed E-state index contributed by atoms with van der Waals surface area (Å²) in [6, 6.07) is 14.9. The Bertz CT molecular complexity index is 1120. The Hall–Kier alpha value is -2.52. The Kier molecular flexibility index (Phi) is 4.94. The molecular weight excluding hydrogens is 424 g/mol. The molecule has 3 aliphatic rings. The number of fused-ring (bicyclic) bond motifs is 2. The van der Waals surface area contributed by atoms with Gasteiger partial charge in [0.2, 0.25) is 6.79 Å². The van der Waals surface area contributed by atoms with Crippen LogP contribution in [0.2, 0.25) is 0 Å². The molecule has 0 aliphatic carbocycles. The van der Waals surface area contributed by atoms with E-state index in [-0.39, 0.29) is 35.5 Å². The number of thioether (sulfide) groups is 1. The van der Waals surface area contributed by atoms with Gasteiger partial charge >= 0.3 is 0 Å². The highest BCUT2D eigenvalue weighted by atomic mass is 32.2. The Morgan fingerprint density at radius 2 is 1.90 bits per heavy atom. The molecule has 3 aliphatic heterocycles. The summed E-state index contributed by atoms with van der Waals surface area (Å²) in [7, 11) is -3.07. The van der Waals surface area contributed by atoms with E-state index in [4.69, 9.17) is 9.47 Å². The summed E-state index contributed by atoms with van der Waals surface area (Å²) in [5.41, 5.74) is 1.58. The fraction of sp³-hybridized carbons (Fsp3) is 0.333. The standard InChI is InChI=1S/C21H20N2O5S2/c24-20(15-6-7-17-18(10-15)28-13-27-17)22-21-23(9-8-14-4-2-1-3-5-14)16-11-30(25,26)12-19(16)29-21/h1-7,10,16,19H,8-9,11-13H2. The lowest BCUT2D eigenvalue weighted by molar-refractivity contribution is 0.100. The summed E-state index contributed by atoms with van der Waals surface area (Å²) >= 11 is 1.40. The van der Waals surface area contributed by atoms with Gasteiger partial charge in [-0.25, -0.2) is 8.42 Å². The maximum absolute atomic E-state index is 12.8. The van der Waals surface area contributed by atoms with Crippen LogP contribution in [0.5, 0.6) is 11.5 Å². The number of nitrogens with zero attached hydrogens (tertiary/aromatic N) is 2. The van der Waals surface area contributed by atoms with Gasteiger partial charge in [-0.3, -0.25) is 4.79 Å². The molecule has 2 saturated heterocycles. The molecule has 2 atom stereocenters. The first-order valence-corrected chi connectivity index (χ1v) is 12.4. The smallest absolute Gasteiger partial charge is 0.279 e. The molecule has 9 heteroatoms. The van der Waals surface area contributed by atoms with Crippen LogP contribution in [0, 0.1) is 0 Å². The maximum atomic E-state index is 12.8. The molecule has 30 heavy (non-hydrogen) atoms. The second-order valence-electron chi connectivity index (χ2n) is 7.50. The largest absolute Gasteiger partial charge is 0.454 e. The van der Waals surface area contributed by atoms with Crippen molar-refractivity contribution in [2.75, 3.05) is 24.8 Å². The number of aliphatic imine (C=N–C) groups is 1. The highest BCUT2D eigenvalue weighted by molar-refractivity contribution is 8.15. The normalized spacial score (nSPS) is 24.9. The summed E-state index contributed by atoms with van der Waals surface area (Å²) in [5, 5.41) is 0.507. The van der Waals surface area contributed by atoms with E-state index in [0.29, 0.717) is 28.8 Å². The second kappa shape index (κ2) is 7.63. The van der Waals surface area contributed by atoms with Crippen LogP contribution in [0.25, 0.3) is 0 Å². The minimum absolute atomic E-state index is 0.0888. The van der Waals surface area contributed by atoms with Crippen molar-refractivity contribution in [3.63, 3.8) is 0 Å². The molecule has 0 bridgehead atoms. The fourth-order valence-electron chi connectivity index (χ4n) is 3.97. The van der Waals surface area contributed by atoms with E-state index >= 15 is 0 Å². The summed E-state index contributed by atoms with van der Waals surface area (Å²) in [6.07, 6.45) is 0.752. The Labute approximate surface area is 179 Å². The van der Waals surface area contributed by atoms with E-state index in [1.165, 1.54) is 11.8 Å². The lowest BCUT2D eigenvalue weighted by Crippen LogP contribution is -2.39. The SMILES string of the molecule is O=C(N=C1SC2CS(=O)(=O)CC2N1CCc1ccccc1)c1ccc2c(c1)OCO2. The van der Waals surface area contributed by atoms with Gasteiger partial charge in [0.25, 0.3) is 5.91 Å². The second-order valence-corrected chi connectivity index (χ2v) is 10.9. The lowest BCUT2D eigenvalue weighted by atomic mass is 10.1. The van der Waals surface area contributed by atoms with Crippen molar-refractivity contribution in [1.29, 1.82) is 0 Å². The molecule has 7 nitrogen and oxygen atoms in total. The topological polar surface area (TPSA) is 85.3 Å². The predicted molar refractivity (Wildman–Crippen MR) is 115 cm³/mol. The highest BCUT2D eigenvalue weighted by Crippen LogP contribution is 2.38. The zero-order valence-corrected chi connectivity index (χ0v) is 17.7. The molecule has 0 radical (unpaired) electrons. The van der Waals surface area contributed by atoms with E-state index in [0.717, 1.165) is 12.0 Å². The molecule has 0 N–H and O–H groups in total. The highest BCUT2D eigenvalue weighted by Gasteiger charge is 2.48. The Morgan fingerprint density at radius 3 is 2.73 bits per heavy atom. The number of sulfone groups is 1. The molecule has 2 aromatic rings. The van der Waals surface area contributed by atoms with Crippen LogP contribution in [0.4, 0.5) is 0 Å². The average molecular weight is 445 g/mol. The zero-order chi connectivity index (χ0) is 20.7. The molecule has 0 spiro atoms. The maximum Gasteiger partial charge on any atom is 0.279 e. The number of carbonyl (C=O) groups excluding carboxylic acids is 1. The molecule has 5 rings (SSSR count). The van der Waals surface area contributed by atoms with Gasteiger partial charge in [-0.1, -0.05) is 42.1 Å². The number of rotatable bonds is 4. The fourth-order valence-corrected chi connectivity index (χ4v) is 7.95. The molecule has 156 valence electrons. The number of carbonyl (C=O) groups is 1. The minimum Gasteiger partial charge on any atom is -0.454 e. The van der Waals surface area contributed by atoms with Gasteiger partial charge in [-0.15, -0.1) is 0 Å². The van der Waals surface area contributed by atoms with E-state index in [1.807, 2.05) is 35.2 Å². The molecule has 2 aromatic carbocycles. The molecule has 3 heterocycles. The van der Waals surface area contributed by atoms with Crippen molar-refractivity contribution >= 4 is 32.7 Å². The number of hydrogen-bond donors (Lipinski definition) is 0. The van der Waals surface area contributed by atoms with Crippen LogP contribution in [0.3, 0.4) is 0 Å². The van der Waals surface area contributed by atoms with E-state index in [9.17, 15) is 13.2 Å². The molecular formula is C21H20N2O5S2. The Morgan fingerprint density at radius 1 is 1.10 bits per heavy atom. The minimum atomic E-state index is -3.07. The van der Waals surface area contributed by atoms with Crippen molar-refractivity contribution in [1.82, 2.24) is 4.90 Å². The number of ether oxygens (including phenoxy) is 2. The average Bonchev–Trinajstić information content (AvgIpc) is 3.39. The lowest BCUT2D eigenvalue weighted by Gasteiger charge is -2.24. The van der Waals surface area contributed by atoms with Crippen LogP contribution in [-0.4, -0.2) is 60.5 Å². The molecule has 2 unspecified atom stereocenters. The first-order chi connectivity index (χ1) is 14.5. The van der Waals surface area contributed by atoms with Crippen molar-refractivity contribution in [3.05, 3.63) is 59.7 Å². The van der Waals surface area contributed by atoms with Crippen molar-refractivity contribution in [3.8, 4) is 11.5 Å². The van der Waals surface area contributed by atoms with E-state index < -0.39 is 9.84 Å². The molecule has 0 aromatic heterocycles. The van der Waals surface area contributed by atoms with Crippen molar-refractivity contribution in [2.45, 2.75) is 17.7 Å². The van der Waals surface area contributed by atoms with Gasteiger partial charge in [-0.2, -0.15) is 4.99 Å². The zero-order valence-electron chi connectivity index (χ0n) is 16.1. The molecule has 0 saturated carbocycles. The summed E-state index contributed by atoms with van der Waals surface area (Å²) < 4.78 is 34.9. The first-order valence-electron chi connectivity index (χ1n) is 9.69. The number of benzene rings is 2. The number of hydrogen-bond acceptors (Lipinski definition) is 6. The summed E-state index contributed by atoms with van der Waals surface area (Å²) in [6.45, 7) is 0.753. The van der Waals surface area contributed by atoms with Gasteiger partial charge < -0.3 is 14.4 Å². The molecule has 2 fully saturated rings. The van der Waals surface area contributed by atoms with Gasteiger partial charge in [0.15, 0.2) is 26.5 Å². The van der Waals surface area contributed by atoms with Gasteiger partial charge in [0.05, 0.1) is 17.5 Å². The number of amidine groups is 1. The van der Waals surface area contributed by atoms with Gasteiger partial charge in [0.1, 0.15) is 0 Å². The monoisotopic (exact) mass is 444 g/mol. The first kappa shape index (κ1) is 19.4. The summed E-state index contributed by atoms with van der Waals surface area (Å²) in [5.74, 6) is 1.00. The molecule has 1 amide bonds. The van der Waals surface area contributed by atoms with Gasteiger partial charge in [0, 0.05) is 17.4 Å². The Balaban J connectivity index is 1.39. The van der Waals surface area contributed by atoms with Crippen LogP contribution in [-0.2, 0) is 16.3 Å². The summed E-state index contributed by atoms with van der Waals surface area (Å²) in [4.78, 5) is 19.2. The number of amides is 1. The van der Waals surface area contributed by atoms with Gasteiger partial charge in [-0.05, 0) is 30.2 Å². The van der Waals surface area contributed by atoms with Crippen molar-refractivity contribution < 1.29 is 22.7 Å². The predicted octanol–water partition coefficient (Wildman–Crippen LogP) is 2.37.